The van der Waals surface area contributed by atoms with Gasteiger partial charge in [0.25, 0.3) is 0 Å². The molecule has 0 amide bonds. The minimum absolute atomic E-state index is 0.0914. The average molecular weight is 835 g/mol. The quantitative estimate of drug-likeness (QED) is 0.0153. The number of phosphoric ester groups is 1. The fourth-order valence-corrected chi connectivity index (χ4v) is 7.60. The van der Waals surface area contributed by atoms with Crippen molar-refractivity contribution in [2.75, 3.05) is 13.2 Å². The molecule has 0 spiro atoms. The molecule has 0 bridgehead atoms. The van der Waals surface area contributed by atoms with E-state index in [0.717, 1.165) is 77.0 Å². The van der Waals surface area contributed by atoms with E-state index in [9.17, 15) is 44.6 Å². The molecule has 0 aromatic carbocycles. The van der Waals surface area contributed by atoms with Gasteiger partial charge >= 0.3 is 19.8 Å². The number of hydrogen-bond acceptors (Lipinski definition) is 12. The SMILES string of the molecule is CCCCCCC=CCCCCCCCCCC(=O)O[C@H](COC(=O)CCCCCCCC=CCCCCCC)COP(=O)(O)OC1C(O)C(O)C(O)[C@@H](O)C1O. The molecule has 6 N–H and O–H groups in total. The number of carbonyl (C=O) groups is 2. The van der Waals surface area contributed by atoms with Gasteiger partial charge in [0, 0.05) is 12.8 Å². The van der Waals surface area contributed by atoms with E-state index in [0.29, 0.717) is 12.8 Å². The lowest BCUT2D eigenvalue weighted by Crippen LogP contribution is -2.64. The molecule has 0 saturated heterocycles. The maximum Gasteiger partial charge on any atom is 0.472 e. The summed E-state index contributed by atoms with van der Waals surface area (Å²) in [7, 11) is -5.11. The molecule has 1 aliphatic rings. The molecular weight excluding hydrogens is 755 g/mol. The molecule has 6 unspecified atom stereocenters. The van der Waals surface area contributed by atoms with Gasteiger partial charge in [-0.05, 0) is 64.2 Å². The standard InChI is InChI=1S/C43H79O13P/c1-3-5-7-9-11-13-15-17-18-20-22-24-26-28-30-32-37(45)55-35(34-54-57(51,52)56-43-41(49)39(47)38(46)40(48)42(43)50)33-53-36(44)31-29-27-25-23-21-19-16-14-12-10-8-6-4-2/h13-16,35,38-43,46-50H,3-12,17-34H2,1-2H3,(H,51,52)/t35-,38?,39-,40?,41?,42?,43?/m1/s1. The van der Waals surface area contributed by atoms with Gasteiger partial charge in [0.1, 0.15) is 43.2 Å². The van der Waals surface area contributed by atoms with Crippen molar-refractivity contribution in [3.05, 3.63) is 24.3 Å². The van der Waals surface area contributed by atoms with Gasteiger partial charge in [-0.2, -0.15) is 0 Å². The minimum atomic E-state index is -5.11. The number of aliphatic hydroxyl groups excluding tert-OH is 5. The van der Waals surface area contributed by atoms with E-state index in [1.54, 1.807) is 0 Å². The highest BCUT2D eigenvalue weighted by Crippen LogP contribution is 2.47. The van der Waals surface area contributed by atoms with Crippen LogP contribution in [-0.4, -0.2) is 98.3 Å². The maximum atomic E-state index is 12.8. The molecule has 1 rings (SSSR count). The van der Waals surface area contributed by atoms with Crippen LogP contribution >= 0.6 is 7.82 Å². The van der Waals surface area contributed by atoms with E-state index in [4.69, 9.17) is 18.5 Å². The lowest BCUT2D eigenvalue weighted by atomic mass is 9.85. The lowest BCUT2D eigenvalue weighted by Gasteiger charge is -2.41. The second-order valence-corrected chi connectivity index (χ2v) is 16.9. The van der Waals surface area contributed by atoms with Crippen molar-refractivity contribution >= 4 is 19.8 Å². The predicted molar refractivity (Wildman–Crippen MR) is 221 cm³/mol. The second-order valence-electron chi connectivity index (χ2n) is 15.5. The Balaban J connectivity index is 2.49. The molecule has 13 nitrogen and oxygen atoms in total. The smallest absolute Gasteiger partial charge is 0.462 e. The van der Waals surface area contributed by atoms with Crippen LogP contribution in [0.15, 0.2) is 24.3 Å². The van der Waals surface area contributed by atoms with Gasteiger partial charge in [-0.3, -0.25) is 18.6 Å². The summed E-state index contributed by atoms with van der Waals surface area (Å²) in [6.07, 6.45) is 22.3. The first kappa shape index (κ1) is 53.3. The third kappa shape index (κ3) is 26.9. The Morgan fingerprint density at radius 2 is 0.895 bits per heavy atom. The zero-order valence-corrected chi connectivity index (χ0v) is 36.0. The third-order valence-electron chi connectivity index (χ3n) is 10.3. The molecule has 1 saturated carbocycles. The summed E-state index contributed by atoms with van der Waals surface area (Å²) in [4.78, 5) is 35.6. The van der Waals surface area contributed by atoms with Crippen molar-refractivity contribution in [2.24, 2.45) is 0 Å². The summed E-state index contributed by atoms with van der Waals surface area (Å²) in [5, 5.41) is 50.1. The van der Waals surface area contributed by atoms with Gasteiger partial charge < -0.3 is 39.9 Å². The van der Waals surface area contributed by atoms with Crippen LogP contribution in [0, 0.1) is 0 Å². The Bertz CT molecular complexity index is 1100. The van der Waals surface area contributed by atoms with Crippen LogP contribution in [0.3, 0.4) is 0 Å². The number of esters is 2. The van der Waals surface area contributed by atoms with E-state index < -0.39 is 75.7 Å². The molecule has 0 heterocycles. The van der Waals surface area contributed by atoms with Crippen molar-refractivity contribution in [1.29, 1.82) is 0 Å². The van der Waals surface area contributed by atoms with Crippen LogP contribution in [0.1, 0.15) is 181 Å². The van der Waals surface area contributed by atoms with Crippen molar-refractivity contribution in [1.82, 2.24) is 0 Å². The topological polar surface area (TPSA) is 210 Å². The van der Waals surface area contributed by atoms with Gasteiger partial charge in [0.05, 0.1) is 6.61 Å². The number of carbonyl (C=O) groups excluding carboxylic acids is 2. The van der Waals surface area contributed by atoms with Crippen molar-refractivity contribution in [3.8, 4) is 0 Å². The normalized spacial score (nSPS) is 22.9. The van der Waals surface area contributed by atoms with Crippen LogP contribution in [0.5, 0.6) is 0 Å². The second kappa shape index (κ2) is 34.1. The fourth-order valence-electron chi connectivity index (χ4n) is 6.63. The highest BCUT2D eigenvalue weighted by Gasteiger charge is 2.51. The number of phosphoric acid groups is 1. The van der Waals surface area contributed by atoms with E-state index in [1.165, 1.54) is 64.2 Å². The zero-order valence-electron chi connectivity index (χ0n) is 35.1. The van der Waals surface area contributed by atoms with Gasteiger partial charge in [-0.25, -0.2) is 4.57 Å². The summed E-state index contributed by atoms with van der Waals surface area (Å²) in [5.41, 5.74) is 0. The Labute approximate surface area is 343 Å². The molecule has 0 radical (unpaired) electrons. The molecule has 1 fully saturated rings. The van der Waals surface area contributed by atoms with Crippen molar-refractivity contribution in [3.63, 3.8) is 0 Å². The molecular formula is C43H79O13P. The van der Waals surface area contributed by atoms with Crippen LogP contribution in [0.25, 0.3) is 0 Å². The highest BCUT2D eigenvalue weighted by atomic mass is 31.2. The van der Waals surface area contributed by atoms with Crippen LogP contribution in [-0.2, 0) is 32.7 Å². The van der Waals surface area contributed by atoms with E-state index >= 15 is 0 Å². The molecule has 57 heavy (non-hydrogen) atoms. The Kier molecular flexibility index (Phi) is 31.9. The first-order valence-electron chi connectivity index (χ1n) is 22.1. The number of hydrogen-bond donors (Lipinski definition) is 6. The monoisotopic (exact) mass is 835 g/mol. The first-order valence-corrected chi connectivity index (χ1v) is 23.6. The summed E-state index contributed by atoms with van der Waals surface area (Å²) < 4.78 is 33.5. The number of unbranched alkanes of at least 4 members (excludes halogenated alkanes) is 20. The van der Waals surface area contributed by atoms with Gasteiger partial charge in [-0.1, -0.05) is 128 Å². The average Bonchev–Trinajstić information content (AvgIpc) is 3.19. The third-order valence-corrected chi connectivity index (χ3v) is 11.3. The predicted octanol–water partition coefficient (Wildman–Crippen LogP) is 8.06. The van der Waals surface area contributed by atoms with Gasteiger partial charge in [0.2, 0.25) is 0 Å². The van der Waals surface area contributed by atoms with E-state index in [1.807, 2.05) is 0 Å². The maximum absolute atomic E-state index is 12.8. The van der Waals surface area contributed by atoms with Crippen LogP contribution in [0.2, 0.25) is 0 Å². The van der Waals surface area contributed by atoms with Crippen molar-refractivity contribution < 1.29 is 63.1 Å². The molecule has 14 heteroatoms. The van der Waals surface area contributed by atoms with Crippen LogP contribution < -0.4 is 0 Å². The van der Waals surface area contributed by atoms with Gasteiger partial charge in [-0.15, -0.1) is 0 Å². The Hall–Kier alpha value is -1.67. The Morgan fingerprint density at radius 1 is 0.526 bits per heavy atom. The molecule has 334 valence electrons. The largest absolute Gasteiger partial charge is 0.472 e. The highest BCUT2D eigenvalue weighted by molar-refractivity contribution is 7.47. The summed E-state index contributed by atoms with van der Waals surface area (Å²) in [6, 6.07) is 0. The van der Waals surface area contributed by atoms with Crippen molar-refractivity contribution in [2.45, 2.75) is 224 Å². The number of allylic oxidation sites excluding steroid dienone is 4. The van der Waals surface area contributed by atoms with Gasteiger partial charge in [0.15, 0.2) is 6.10 Å². The Morgan fingerprint density at radius 3 is 1.33 bits per heavy atom. The number of ether oxygens (including phenoxy) is 2. The molecule has 0 aromatic heterocycles. The molecule has 8 atom stereocenters. The first-order chi connectivity index (χ1) is 27.4. The van der Waals surface area contributed by atoms with Crippen LogP contribution in [0.4, 0.5) is 0 Å². The lowest BCUT2D eigenvalue weighted by molar-refractivity contribution is -0.220. The number of aliphatic hydroxyl groups is 5. The van der Waals surface area contributed by atoms with E-state index in [2.05, 4.69) is 38.2 Å². The molecule has 0 aromatic rings. The fraction of sp³-hybridized carbons (Fsp3) is 0.860. The summed E-state index contributed by atoms with van der Waals surface area (Å²) in [5.74, 6) is -1.11. The summed E-state index contributed by atoms with van der Waals surface area (Å²) in [6.45, 7) is 3.25. The molecule has 1 aliphatic carbocycles. The number of rotatable bonds is 36. The summed E-state index contributed by atoms with van der Waals surface area (Å²) >= 11 is 0. The zero-order chi connectivity index (χ0) is 42.2. The molecule has 0 aliphatic heterocycles. The minimum Gasteiger partial charge on any atom is -0.462 e. The van der Waals surface area contributed by atoms with E-state index in [-0.39, 0.29) is 12.8 Å².